The van der Waals surface area contributed by atoms with Crippen LogP contribution in [0.4, 0.5) is 17.6 Å². The highest BCUT2D eigenvalue weighted by molar-refractivity contribution is 5.85. The molecule has 2 N–H and O–H groups in total. The second kappa shape index (κ2) is 9.13. The van der Waals surface area contributed by atoms with E-state index in [9.17, 15) is 27.9 Å². The van der Waals surface area contributed by atoms with Gasteiger partial charge in [-0.1, -0.05) is 12.1 Å². The molecule has 1 aliphatic rings. The Morgan fingerprint density at radius 1 is 1.29 bits per heavy atom. The molecule has 2 heterocycles. The summed E-state index contributed by atoms with van der Waals surface area (Å²) in [5.74, 6) is -1.14. The van der Waals surface area contributed by atoms with Crippen LogP contribution in [-0.2, 0) is 11.8 Å². The molecule has 1 aliphatic heterocycles. The SMILES string of the molecule is CC(C)n1nc(F)c2cc(OC[C@@H]3C[C@](O)(c4cccc(C#N)c4)C[C@H](C)N3)cc(C(F)(F)F)c21. The van der Waals surface area contributed by atoms with Gasteiger partial charge in [-0.3, -0.25) is 4.68 Å². The molecule has 10 heteroatoms. The number of ether oxygens (including phenoxy) is 1. The van der Waals surface area contributed by atoms with Crippen LogP contribution in [0.2, 0.25) is 0 Å². The summed E-state index contributed by atoms with van der Waals surface area (Å²) in [6.07, 6.45) is -4.12. The Morgan fingerprint density at radius 3 is 2.69 bits per heavy atom. The summed E-state index contributed by atoms with van der Waals surface area (Å²) in [7, 11) is 0. The molecule has 1 fully saturated rings. The fraction of sp³-hybridized carbons (Fsp3) is 0.440. The zero-order chi connectivity index (χ0) is 25.5. The smallest absolute Gasteiger partial charge is 0.418 e. The normalized spacial score (nSPS) is 23.0. The van der Waals surface area contributed by atoms with E-state index in [1.54, 1.807) is 38.1 Å². The zero-order valence-corrected chi connectivity index (χ0v) is 19.5. The number of hydrogen-bond acceptors (Lipinski definition) is 5. The largest absolute Gasteiger partial charge is 0.492 e. The Kier molecular flexibility index (Phi) is 6.51. The molecule has 0 aliphatic carbocycles. The Balaban J connectivity index is 1.61. The topological polar surface area (TPSA) is 83.1 Å². The van der Waals surface area contributed by atoms with Gasteiger partial charge in [0.2, 0.25) is 5.95 Å². The van der Waals surface area contributed by atoms with E-state index in [1.165, 1.54) is 6.07 Å². The number of nitrogens with one attached hydrogen (secondary N) is 1. The molecular formula is C25H26F4N4O2. The van der Waals surface area contributed by atoms with E-state index < -0.39 is 35.4 Å². The van der Waals surface area contributed by atoms with Crippen LogP contribution in [0.3, 0.4) is 0 Å². The van der Waals surface area contributed by atoms with Crippen molar-refractivity contribution in [3.8, 4) is 11.8 Å². The van der Waals surface area contributed by atoms with Gasteiger partial charge in [-0.25, -0.2) is 0 Å². The molecule has 4 rings (SSSR count). The molecule has 35 heavy (non-hydrogen) atoms. The van der Waals surface area contributed by atoms with Crippen molar-refractivity contribution < 1.29 is 27.4 Å². The number of nitrogens with zero attached hydrogens (tertiary/aromatic N) is 3. The molecule has 2 aromatic carbocycles. The molecule has 6 nitrogen and oxygen atoms in total. The van der Waals surface area contributed by atoms with Crippen molar-refractivity contribution in [2.75, 3.05) is 6.61 Å². The lowest BCUT2D eigenvalue weighted by Crippen LogP contribution is -2.53. The van der Waals surface area contributed by atoms with E-state index in [4.69, 9.17) is 4.74 Å². The average molecular weight is 491 g/mol. The van der Waals surface area contributed by atoms with Crippen LogP contribution in [0.5, 0.6) is 5.75 Å². The number of rotatable bonds is 5. The van der Waals surface area contributed by atoms with Gasteiger partial charge < -0.3 is 15.2 Å². The number of piperidine rings is 1. The maximum absolute atomic E-state index is 14.5. The van der Waals surface area contributed by atoms with Crippen LogP contribution in [-0.4, -0.2) is 33.6 Å². The van der Waals surface area contributed by atoms with Crippen LogP contribution in [0.15, 0.2) is 36.4 Å². The van der Waals surface area contributed by atoms with Gasteiger partial charge in [0, 0.05) is 18.1 Å². The highest BCUT2D eigenvalue weighted by atomic mass is 19.4. The van der Waals surface area contributed by atoms with Crippen molar-refractivity contribution in [3.05, 3.63) is 59.0 Å². The first-order valence-corrected chi connectivity index (χ1v) is 11.3. The third kappa shape index (κ3) is 4.97. The van der Waals surface area contributed by atoms with Gasteiger partial charge in [0.25, 0.3) is 0 Å². The number of alkyl halides is 3. The molecular weight excluding hydrogens is 464 g/mol. The monoisotopic (exact) mass is 490 g/mol. The molecule has 3 atom stereocenters. The van der Waals surface area contributed by atoms with E-state index in [0.29, 0.717) is 17.5 Å². The van der Waals surface area contributed by atoms with Crippen molar-refractivity contribution in [1.82, 2.24) is 15.1 Å². The predicted molar refractivity (Wildman–Crippen MR) is 121 cm³/mol. The summed E-state index contributed by atoms with van der Waals surface area (Å²) >= 11 is 0. The Hall–Kier alpha value is -3.16. The highest BCUT2D eigenvalue weighted by Gasteiger charge is 2.40. The minimum absolute atomic E-state index is 0.0483. The third-order valence-corrected chi connectivity index (χ3v) is 6.25. The van der Waals surface area contributed by atoms with Crippen LogP contribution >= 0.6 is 0 Å². The first kappa shape index (κ1) is 24.9. The van der Waals surface area contributed by atoms with E-state index in [-0.39, 0.29) is 35.7 Å². The number of nitriles is 1. The van der Waals surface area contributed by atoms with Gasteiger partial charge in [-0.05, 0) is 63.4 Å². The molecule has 1 aromatic heterocycles. The number of halogens is 4. The maximum Gasteiger partial charge on any atom is 0.418 e. The average Bonchev–Trinajstić information content (AvgIpc) is 3.13. The Morgan fingerprint density at radius 2 is 2.03 bits per heavy atom. The first-order chi connectivity index (χ1) is 16.4. The third-order valence-electron chi connectivity index (χ3n) is 6.25. The molecule has 1 saturated heterocycles. The van der Waals surface area contributed by atoms with Crippen LogP contribution in [0.25, 0.3) is 10.9 Å². The lowest BCUT2D eigenvalue weighted by atomic mass is 9.79. The second-order valence-corrected chi connectivity index (χ2v) is 9.40. The number of fused-ring (bicyclic) bond motifs is 1. The van der Waals surface area contributed by atoms with Gasteiger partial charge in [-0.15, -0.1) is 5.10 Å². The maximum atomic E-state index is 14.5. The van der Waals surface area contributed by atoms with Crippen molar-refractivity contribution in [2.24, 2.45) is 0 Å². The van der Waals surface area contributed by atoms with Crippen LogP contribution < -0.4 is 10.1 Å². The summed E-state index contributed by atoms with van der Waals surface area (Å²) in [6.45, 7) is 5.09. The van der Waals surface area contributed by atoms with Gasteiger partial charge in [0.05, 0.1) is 33.7 Å². The van der Waals surface area contributed by atoms with Gasteiger partial charge in [-0.2, -0.15) is 22.8 Å². The highest BCUT2D eigenvalue weighted by Crippen LogP contribution is 2.40. The van der Waals surface area contributed by atoms with Gasteiger partial charge in [0.15, 0.2) is 0 Å². The number of aliphatic hydroxyl groups is 1. The fourth-order valence-electron chi connectivity index (χ4n) is 4.82. The van der Waals surface area contributed by atoms with Crippen molar-refractivity contribution in [3.63, 3.8) is 0 Å². The number of hydrogen-bond donors (Lipinski definition) is 2. The lowest BCUT2D eigenvalue weighted by molar-refractivity contribution is -0.136. The molecule has 0 saturated carbocycles. The van der Waals surface area contributed by atoms with E-state index in [1.807, 2.05) is 6.92 Å². The zero-order valence-electron chi connectivity index (χ0n) is 19.5. The molecule has 0 bridgehead atoms. The van der Waals surface area contributed by atoms with Crippen LogP contribution in [0.1, 0.15) is 56.3 Å². The molecule has 0 unspecified atom stereocenters. The minimum atomic E-state index is -4.74. The van der Waals surface area contributed by atoms with Gasteiger partial charge in [0.1, 0.15) is 12.4 Å². The molecule has 0 amide bonds. The number of aromatic nitrogens is 2. The standard InChI is InChI=1S/C25H26F4N4O2/c1-14(2)33-22-20(23(26)32-33)8-19(9-21(22)25(27,28)29)35-13-18-11-24(34,10-15(3)31-18)17-6-4-5-16(7-17)12-30/h4-9,14-15,18,31,34H,10-11,13H2,1-3H3/t15-,18-,24-/m0/s1. The molecule has 0 radical (unpaired) electrons. The Labute approximate surface area is 200 Å². The molecule has 0 spiro atoms. The van der Waals surface area contributed by atoms with Crippen molar-refractivity contribution in [2.45, 2.75) is 63.5 Å². The van der Waals surface area contributed by atoms with Crippen molar-refractivity contribution >= 4 is 10.9 Å². The molecule has 186 valence electrons. The van der Waals surface area contributed by atoms with Crippen LogP contribution in [0, 0.1) is 17.3 Å². The summed E-state index contributed by atoms with van der Waals surface area (Å²) < 4.78 is 62.8. The molecule has 3 aromatic rings. The Bertz CT molecular complexity index is 1280. The minimum Gasteiger partial charge on any atom is -0.492 e. The van der Waals surface area contributed by atoms with E-state index in [0.717, 1.165) is 10.7 Å². The summed E-state index contributed by atoms with van der Waals surface area (Å²) in [4.78, 5) is 0. The summed E-state index contributed by atoms with van der Waals surface area (Å²) in [5.41, 5.74) is -1.57. The first-order valence-electron chi connectivity index (χ1n) is 11.3. The van der Waals surface area contributed by atoms with E-state index in [2.05, 4.69) is 16.5 Å². The predicted octanol–water partition coefficient (Wildman–Crippen LogP) is 5.05. The second-order valence-electron chi connectivity index (χ2n) is 9.40. The quantitative estimate of drug-likeness (QED) is 0.489. The van der Waals surface area contributed by atoms with Gasteiger partial charge >= 0.3 is 6.18 Å². The van der Waals surface area contributed by atoms with Crippen molar-refractivity contribution in [1.29, 1.82) is 5.26 Å². The fourth-order valence-corrected chi connectivity index (χ4v) is 4.82. The number of benzene rings is 2. The van der Waals surface area contributed by atoms with E-state index >= 15 is 0 Å². The summed E-state index contributed by atoms with van der Waals surface area (Å²) in [5, 5.41) is 27.2. The summed E-state index contributed by atoms with van der Waals surface area (Å²) in [6, 6.07) is 9.87. The lowest BCUT2D eigenvalue weighted by Gasteiger charge is -2.41.